The summed E-state index contributed by atoms with van der Waals surface area (Å²) >= 11 is 5.27. The van der Waals surface area contributed by atoms with E-state index in [-0.39, 0.29) is 0 Å². The minimum atomic E-state index is -1.60. The summed E-state index contributed by atoms with van der Waals surface area (Å²) in [5.74, 6) is 1.89. The molecule has 9 heavy (non-hydrogen) atoms. The van der Waals surface area contributed by atoms with E-state index in [0.29, 0.717) is 12.5 Å². The van der Waals surface area contributed by atoms with Gasteiger partial charge in [0.1, 0.15) is 6.61 Å². The fraction of sp³-hybridized carbons (Fsp3) is 0.600. The van der Waals surface area contributed by atoms with Crippen molar-refractivity contribution in [3.63, 3.8) is 0 Å². The summed E-state index contributed by atoms with van der Waals surface area (Å²) in [6, 6.07) is 0. The number of alkyl halides is 1. The first-order chi connectivity index (χ1) is 4.31. The van der Waals surface area contributed by atoms with Gasteiger partial charge >= 0.3 is 8.03 Å². The van der Waals surface area contributed by atoms with E-state index in [9.17, 15) is 4.57 Å². The maximum atomic E-state index is 10.6. The molecule has 0 saturated heterocycles. The van der Waals surface area contributed by atoms with Gasteiger partial charge in [-0.2, -0.15) is 0 Å². The van der Waals surface area contributed by atoms with Crippen molar-refractivity contribution in [1.82, 2.24) is 0 Å². The van der Waals surface area contributed by atoms with Gasteiger partial charge in [0, 0.05) is 0 Å². The first-order valence-electron chi connectivity index (χ1n) is 2.59. The van der Waals surface area contributed by atoms with Crippen LogP contribution in [-0.2, 0) is 9.09 Å². The number of rotatable bonds is 4. The molecule has 0 bridgehead atoms. The molecule has 1 atom stereocenters. The predicted octanol–water partition coefficient (Wildman–Crippen LogP) is 2.52. The molecule has 0 aromatic rings. The van der Waals surface area contributed by atoms with E-state index in [1.165, 1.54) is 5.82 Å². The van der Waals surface area contributed by atoms with E-state index in [0.717, 1.165) is 0 Å². The minimum Gasteiger partial charge on any atom is -0.141 e. The zero-order valence-electron chi connectivity index (χ0n) is 5.21. The molecule has 0 rings (SSSR count). The molecule has 2 nitrogen and oxygen atoms in total. The van der Waals surface area contributed by atoms with Crippen LogP contribution >= 0.6 is 19.6 Å². The topological polar surface area (TPSA) is 26.3 Å². The van der Waals surface area contributed by atoms with Crippen molar-refractivity contribution in [2.45, 2.75) is 6.92 Å². The molecule has 52 valence electrons. The van der Waals surface area contributed by atoms with Crippen molar-refractivity contribution in [1.29, 1.82) is 0 Å². The number of hydrogen-bond donors (Lipinski definition) is 0. The van der Waals surface area contributed by atoms with Gasteiger partial charge in [0.05, 0.1) is 5.88 Å². The Balaban J connectivity index is 3.27. The van der Waals surface area contributed by atoms with E-state index < -0.39 is 8.03 Å². The van der Waals surface area contributed by atoms with Crippen LogP contribution in [0, 0.1) is 0 Å². The largest absolute Gasteiger partial charge is 0.540 e. The molecule has 0 amide bonds. The van der Waals surface area contributed by atoms with E-state index in [1.807, 2.05) is 0 Å². The fourth-order valence-corrected chi connectivity index (χ4v) is 1.07. The van der Waals surface area contributed by atoms with Crippen molar-refractivity contribution in [3.8, 4) is 0 Å². The summed E-state index contributed by atoms with van der Waals surface area (Å²) in [5, 5.41) is 0. The van der Waals surface area contributed by atoms with Gasteiger partial charge in [-0.1, -0.05) is 0 Å². The lowest BCUT2D eigenvalue weighted by molar-refractivity contribution is 0.359. The molecule has 0 aliphatic carbocycles. The van der Waals surface area contributed by atoms with E-state index >= 15 is 0 Å². The number of hydrogen-bond acceptors (Lipinski definition) is 2. The van der Waals surface area contributed by atoms with Gasteiger partial charge in [-0.25, -0.2) is 0 Å². The third kappa shape index (κ3) is 5.97. The van der Waals surface area contributed by atoms with Crippen molar-refractivity contribution in [3.05, 3.63) is 11.9 Å². The van der Waals surface area contributed by atoms with Crippen LogP contribution in [0.15, 0.2) is 11.9 Å². The second kappa shape index (κ2) is 6.21. The molecule has 0 radical (unpaired) electrons. The van der Waals surface area contributed by atoms with Gasteiger partial charge in [-0.15, -0.1) is 16.1 Å². The average Bonchev–Trinajstić information content (AvgIpc) is 1.85. The Kier molecular flexibility index (Phi) is 6.28. The fourth-order valence-electron chi connectivity index (χ4n) is 0.289. The highest BCUT2D eigenvalue weighted by molar-refractivity contribution is 7.42. The van der Waals surface area contributed by atoms with Crippen LogP contribution in [0.2, 0.25) is 0 Å². The minimum absolute atomic E-state index is 0.348. The van der Waals surface area contributed by atoms with Crippen LogP contribution in [0.4, 0.5) is 0 Å². The smallest absolute Gasteiger partial charge is 0.141 e. The lowest BCUT2D eigenvalue weighted by Crippen LogP contribution is -1.84. The molecule has 0 aromatic carbocycles. The van der Waals surface area contributed by atoms with Crippen molar-refractivity contribution < 1.29 is 9.09 Å². The van der Waals surface area contributed by atoms with Crippen molar-refractivity contribution in [2.75, 3.05) is 12.5 Å². The lowest BCUT2D eigenvalue weighted by Gasteiger charge is -1.78. The molecule has 0 spiro atoms. The van der Waals surface area contributed by atoms with Gasteiger partial charge in [-0.3, -0.25) is 0 Å². The van der Waals surface area contributed by atoms with Crippen LogP contribution in [0.5, 0.6) is 0 Å². The van der Waals surface area contributed by atoms with Crippen molar-refractivity contribution in [2.24, 2.45) is 0 Å². The molecule has 0 aliphatic rings. The third-order valence-corrected chi connectivity index (χ3v) is 1.70. The summed E-state index contributed by atoms with van der Waals surface area (Å²) in [6.45, 7) is 2.14. The highest BCUT2D eigenvalue weighted by atomic mass is 35.5. The molecule has 0 saturated carbocycles. The predicted molar refractivity (Wildman–Crippen MR) is 39.1 cm³/mol. The number of halogens is 1. The summed E-state index contributed by atoms with van der Waals surface area (Å²) < 4.78 is 15.3. The zero-order valence-corrected chi connectivity index (χ0v) is 6.86. The molecule has 0 aliphatic heterocycles. The Labute approximate surface area is 60.7 Å². The molecule has 4 heteroatoms. The van der Waals surface area contributed by atoms with Gasteiger partial charge in [0.25, 0.3) is 0 Å². The van der Waals surface area contributed by atoms with E-state index in [4.69, 9.17) is 16.1 Å². The Morgan fingerprint density at radius 1 is 1.78 bits per heavy atom. The third-order valence-electron chi connectivity index (χ3n) is 0.566. The summed E-state index contributed by atoms with van der Waals surface area (Å²) in [4.78, 5) is 0. The second-order valence-corrected chi connectivity index (χ2v) is 2.79. The Morgan fingerprint density at radius 2 is 2.44 bits per heavy atom. The molecular formula is C5H9ClO2P+. The molecule has 1 unspecified atom stereocenters. The summed E-state index contributed by atoms with van der Waals surface area (Å²) in [6.07, 6.45) is 1.69. The van der Waals surface area contributed by atoms with Gasteiger partial charge in [-0.05, 0) is 17.6 Å². The van der Waals surface area contributed by atoms with E-state index in [2.05, 4.69) is 0 Å². The van der Waals surface area contributed by atoms with Crippen molar-refractivity contribution >= 4 is 19.6 Å². The highest BCUT2D eigenvalue weighted by Gasteiger charge is 2.09. The molecule has 0 fully saturated rings. The Morgan fingerprint density at radius 3 is 2.89 bits per heavy atom. The van der Waals surface area contributed by atoms with Crippen LogP contribution in [0.25, 0.3) is 0 Å². The van der Waals surface area contributed by atoms with Crippen LogP contribution in [-0.4, -0.2) is 12.5 Å². The van der Waals surface area contributed by atoms with Crippen LogP contribution < -0.4 is 0 Å². The first-order valence-corrected chi connectivity index (χ1v) is 4.37. The average molecular weight is 168 g/mol. The highest BCUT2D eigenvalue weighted by Crippen LogP contribution is 2.22. The van der Waals surface area contributed by atoms with E-state index in [1.54, 1.807) is 13.0 Å². The zero-order chi connectivity index (χ0) is 7.11. The SMILES string of the molecule is CC=C[P+](=O)OCCCl. The van der Waals surface area contributed by atoms with Gasteiger partial charge in [0.2, 0.25) is 0 Å². The summed E-state index contributed by atoms with van der Waals surface area (Å²) in [7, 11) is -1.60. The maximum Gasteiger partial charge on any atom is 0.540 e. The Hall–Kier alpha value is 0.0900. The second-order valence-electron chi connectivity index (χ2n) is 1.29. The molecule has 0 heterocycles. The monoisotopic (exact) mass is 167 g/mol. The standard InChI is InChI=1S/C5H9ClO2P/c1-2-5-9(7)8-4-3-6/h2,5H,3-4H2,1H3/q+1. The van der Waals surface area contributed by atoms with Crippen LogP contribution in [0.3, 0.4) is 0 Å². The first kappa shape index (κ1) is 9.09. The normalized spacial score (nSPS) is 12.4. The molecular weight excluding hydrogens is 158 g/mol. The number of allylic oxidation sites excluding steroid dienone is 1. The summed E-state index contributed by atoms with van der Waals surface area (Å²) in [5.41, 5.74) is 0. The van der Waals surface area contributed by atoms with Gasteiger partial charge < -0.3 is 0 Å². The quantitative estimate of drug-likeness (QED) is 0.475. The Bertz CT molecular complexity index is 114. The molecule has 0 aromatic heterocycles. The van der Waals surface area contributed by atoms with Gasteiger partial charge in [0.15, 0.2) is 5.82 Å². The lowest BCUT2D eigenvalue weighted by atomic mass is 10.8. The maximum absolute atomic E-state index is 10.6. The van der Waals surface area contributed by atoms with Crippen LogP contribution in [0.1, 0.15) is 6.92 Å². The molecule has 0 N–H and O–H groups in total.